The van der Waals surface area contributed by atoms with Gasteiger partial charge in [-0.3, -0.25) is 9.89 Å². The maximum atomic E-state index is 13.4. The molecule has 154 valence electrons. The number of carbonyl (C=O) groups is 1. The number of rotatable bonds is 5. The van der Waals surface area contributed by atoms with Gasteiger partial charge in [0.05, 0.1) is 19.3 Å². The van der Waals surface area contributed by atoms with Crippen LogP contribution in [0.15, 0.2) is 48.5 Å². The lowest BCUT2D eigenvalue weighted by molar-refractivity contribution is 0.0495. The van der Waals surface area contributed by atoms with Crippen molar-refractivity contribution in [3.63, 3.8) is 0 Å². The molecule has 0 spiro atoms. The first-order valence-corrected chi connectivity index (χ1v) is 10.1. The second-order valence-electron chi connectivity index (χ2n) is 7.65. The SMILES string of the molecule is COc1cccc(C2c3c(-c4ccccc4O)n[nH]c3C(=O)N2CC2CCCO2)c1. The Morgan fingerprint density at radius 2 is 2.13 bits per heavy atom. The zero-order valence-electron chi connectivity index (χ0n) is 16.7. The summed E-state index contributed by atoms with van der Waals surface area (Å²) in [7, 11) is 1.62. The average molecular weight is 405 g/mol. The fraction of sp³-hybridized carbons (Fsp3) is 0.304. The van der Waals surface area contributed by atoms with Crippen LogP contribution in [0.1, 0.15) is 40.5 Å². The van der Waals surface area contributed by atoms with Gasteiger partial charge in [0.2, 0.25) is 0 Å². The van der Waals surface area contributed by atoms with E-state index in [0.29, 0.717) is 23.5 Å². The normalized spacial score (nSPS) is 20.6. The third kappa shape index (κ3) is 3.02. The molecule has 0 radical (unpaired) electrons. The molecular weight excluding hydrogens is 382 g/mol. The average Bonchev–Trinajstić information content (AvgIpc) is 3.48. The van der Waals surface area contributed by atoms with Gasteiger partial charge in [-0.05, 0) is 42.7 Å². The number of H-pyrrole nitrogens is 1. The largest absolute Gasteiger partial charge is 0.507 e. The van der Waals surface area contributed by atoms with Crippen LogP contribution in [0.25, 0.3) is 11.3 Å². The Morgan fingerprint density at radius 1 is 1.27 bits per heavy atom. The van der Waals surface area contributed by atoms with Gasteiger partial charge in [0, 0.05) is 24.3 Å². The van der Waals surface area contributed by atoms with Crippen LogP contribution in [0.3, 0.4) is 0 Å². The van der Waals surface area contributed by atoms with E-state index in [4.69, 9.17) is 9.47 Å². The van der Waals surface area contributed by atoms with Crippen LogP contribution in [-0.2, 0) is 4.74 Å². The molecule has 2 N–H and O–H groups in total. The maximum Gasteiger partial charge on any atom is 0.273 e. The molecule has 2 aromatic carbocycles. The molecule has 30 heavy (non-hydrogen) atoms. The van der Waals surface area contributed by atoms with E-state index in [9.17, 15) is 9.90 Å². The van der Waals surface area contributed by atoms with E-state index in [1.54, 1.807) is 19.2 Å². The minimum Gasteiger partial charge on any atom is -0.507 e. The lowest BCUT2D eigenvalue weighted by Gasteiger charge is -2.28. The van der Waals surface area contributed by atoms with Crippen LogP contribution in [-0.4, -0.2) is 52.5 Å². The van der Waals surface area contributed by atoms with Gasteiger partial charge in [0.15, 0.2) is 0 Å². The predicted octanol–water partition coefficient (Wildman–Crippen LogP) is 3.52. The smallest absolute Gasteiger partial charge is 0.273 e. The molecule has 1 amide bonds. The molecule has 2 unspecified atom stereocenters. The second kappa shape index (κ2) is 7.50. The van der Waals surface area contributed by atoms with E-state index < -0.39 is 0 Å². The van der Waals surface area contributed by atoms with Crippen LogP contribution < -0.4 is 4.74 Å². The van der Waals surface area contributed by atoms with Crippen LogP contribution in [0.4, 0.5) is 0 Å². The number of aromatic amines is 1. The summed E-state index contributed by atoms with van der Waals surface area (Å²) in [6.07, 6.45) is 1.97. The minimum absolute atomic E-state index is 0.0209. The van der Waals surface area contributed by atoms with E-state index in [1.807, 2.05) is 41.3 Å². The number of ether oxygens (including phenoxy) is 2. The predicted molar refractivity (Wildman–Crippen MR) is 111 cm³/mol. The standard InChI is InChI=1S/C23H23N3O4/c1-29-15-7-4-6-14(12-15)22-19-20(17-9-2-3-10-18(17)27)24-25-21(19)23(28)26(22)13-16-8-5-11-30-16/h2-4,6-7,9-10,12,16,22,27H,5,8,11,13H2,1H3,(H,24,25). The van der Waals surface area contributed by atoms with Crippen molar-refractivity contribution < 1.29 is 19.4 Å². The van der Waals surface area contributed by atoms with Gasteiger partial charge >= 0.3 is 0 Å². The van der Waals surface area contributed by atoms with Crippen molar-refractivity contribution in [1.29, 1.82) is 0 Å². The molecule has 7 heteroatoms. The summed E-state index contributed by atoms with van der Waals surface area (Å²) in [5, 5.41) is 17.8. The summed E-state index contributed by atoms with van der Waals surface area (Å²) < 4.78 is 11.2. The summed E-state index contributed by atoms with van der Waals surface area (Å²) in [5.74, 6) is 0.738. The molecule has 5 rings (SSSR count). The Morgan fingerprint density at radius 3 is 2.90 bits per heavy atom. The Labute approximate surface area is 174 Å². The van der Waals surface area contributed by atoms with E-state index in [1.165, 1.54) is 0 Å². The summed E-state index contributed by atoms with van der Waals surface area (Å²) in [5.41, 5.74) is 3.33. The van der Waals surface area contributed by atoms with E-state index in [0.717, 1.165) is 36.3 Å². The first-order valence-electron chi connectivity index (χ1n) is 10.1. The lowest BCUT2D eigenvalue weighted by Crippen LogP contribution is -2.36. The van der Waals surface area contributed by atoms with Crippen molar-refractivity contribution in [2.75, 3.05) is 20.3 Å². The number of nitrogens with one attached hydrogen (secondary N) is 1. The monoisotopic (exact) mass is 405 g/mol. The van der Waals surface area contributed by atoms with Crippen LogP contribution in [0, 0.1) is 0 Å². The third-order valence-corrected chi connectivity index (χ3v) is 5.86. The summed E-state index contributed by atoms with van der Waals surface area (Å²) in [6, 6.07) is 14.4. The van der Waals surface area contributed by atoms with Crippen molar-refractivity contribution in [2.24, 2.45) is 0 Å². The van der Waals surface area contributed by atoms with Gasteiger partial charge < -0.3 is 19.5 Å². The van der Waals surface area contributed by atoms with Gasteiger partial charge in [-0.25, -0.2) is 0 Å². The quantitative estimate of drug-likeness (QED) is 0.678. The molecule has 0 saturated carbocycles. The summed E-state index contributed by atoms with van der Waals surface area (Å²) in [4.78, 5) is 15.2. The fourth-order valence-electron chi connectivity index (χ4n) is 4.43. The molecular formula is C23H23N3O4. The molecule has 2 atom stereocenters. The highest BCUT2D eigenvalue weighted by Crippen LogP contribution is 2.45. The first kappa shape index (κ1) is 18.7. The zero-order chi connectivity index (χ0) is 20.7. The molecule has 7 nitrogen and oxygen atoms in total. The molecule has 3 heterocycles. The van der Waals surface area contributed by atoms with Crippen molar-refractivity contribution in [3.8, 4) is 22.8 Å². The molecule has 2 aliphatic rings. The van der Waals surface area contributed by atoms with E-state index in [-0.39, 0.29) is 23.8 Å². The van der Waals surface area contributed by atoms with E-state index >= 15 is 0 Å². The number of methoxy groups -OCH3 is 1. The first-order chi connectivity index (χ1) is 14.7. The number of hydrogen-bond acceptors (Lipinski definition) is 5. The van der Waals surface area contributed by atoms with Crippen molar-refractivity contribution in [3.05, 3.63) is 65.4 Å². The highest BCUT2D eigenvalue weighted by atomic mass is 16.5. The minimum atomic E-state index is -0.347. The number of benzene rings is 2. The Bertz CT molecular complexity index is 1090. The molecule has 0 bridgehead atoms. The Hall–Kier alpha value is -3.32. The molecule has 1 saturated heterocycles. The van der Waals surface area contributed by atoms with Crippen LogP contribution in [0.5, 0.6) is 11.5 Å². The number of para-hydroxylation sites is 1. The number of hydrogen-bond donors (Lipinski definition) is 2. The van der Waals surface area contributed by atoms with Crippen LogP contribution >= 0.6 is 0 Å². The number of amides is 1. The fourth-order valence-corrected chi connectivity index (χ4v) is 4.43. The van der Waals surface area contributed by atoms with Crippen molar-refractivity contribution in [2.45, 2.75) is 25.0 Å². The summed E-state index contributed by atoms with van der Waals surface area (Å²) in [6.45, 7) is 1.23. The highest BCUT2D eigenvalue weighted by Gasteiger charge is 2.43. The molecule has 0 aliphatic carbocycles. The van der Waals surface area contributed by atoms with Gasteiger partial charge in [-0.2, -0.15) is 5.10 Å². The van der Waals surface area contributed by atoms with E-state index in [2.05, 4.69) is 10.2 Å². The lowest BCUT2D eigenvalue weighted by atomic mass is 9.95. The Kier molecular flexibility index (Phi) is 4.67. The number of nitrogens with zero attached hydrogens (tertiary/aromatic N) is 2. The molecule has 2 aliphatic heterocycles. The number of carbonyl (C=O) groups excluding carboxylic acids is 1. The maximum absolute atomic E-state index is 13.4. The number of phenolic OH excluding ortho intramolecular Hbond substituents is 1. The molecule has 1 aromatic heterocycles. The highest BCUT2D eigenvalue weighted by molar-refractivity contribution is 6.00. The van der Waals surface area contributed by atoms with Crippen LogP contribution in [0.2, 0.25) is 0 Å². The van der Waals surface area contributed by atoms with Crippen molar-refractivity contribution >= 4 is 5.91 Å². The van der Waals surface area contributed by atoms with Gasteiger partial charge in [0.25, 0.3) is 5.91 Å². The van der Waals surface area contributed by atoms with Gasteiger partial charge in [0.1, 0.15) is 22.9 Å². The summed E-state index contributed by atoms with van der Waals surface area (Å²) >= 11 is 0. The molecule has 1 fully saturated rings. The third-order valence-electron chi connectivity index (χ3n) is 5.86. The molecule has 3 aromatic rings. The number of aromatic nitrogens is 2. The second-order valence-corrected chi connectivity index (χ2v) is 7.65. The Balaban J connectivity index is 1.65. The number of phenols is 1. The van der Waals surface area contributed by atoms with Gasteiger partial charge in [-0.15, -0.1) is 0 Å². The topological polar surface area (TPSA) is 87.7 Å². The number of fused-ring (bicyclic) bond motifs is 1. The zero-order valence-corrected chi connectivity index (χ0v) is 16.7. The van der Waals surface area contributed by atoms with Crippen molar-refractivity contribution in [1.82, 2.24) is 15.1 Å². The van der Waals surface area contributed by atoms with Gasteiger partial charge in [-0.1, -0.05) is 24.3 Å². The number of aromatic hydroxyl groups is 1.